The van der Waals surface area contributed by atoms with Crippen LogP contribution in [0.25, 0.3) is 11.0 Å². The Labute approximate surface area is 108 Å². The minimum atomic E-state index is -0.242. The Morgan fingerprint density at radius 3 is 2.94 bits per heavy atom. The summed E-state index contributed by atoms with van der Waals surface area (Å²) < 4.78 is 19.4. The molecular formula is C13H15BrFNO. The zero-order chi connectivity index (χ0) is 12.3. The van der Waals surface area contributed by atoms with Gasteiger partial charge in [-0.3, -0.25) is 0 Å². The van der Waals surface area contributed by atoms with Crippen LogP contribution in [-0.2, 0) is 6.42 Å². The van der Waals surface area contributed by atoms with Crippen molar-refractivity contribution in [2.75, 3.05) is 13.1 Å². The highest BCUT2D eigenvalue weighted by atomic mass is 79.9. The Morgan fingerprint density at radius 2 is 2.18 bits per heavy atom. The number of hydrogen-bond acceptors (Lipinski definition) is 2. The Hall–Kier alpha value is -0.870. The van der Waals surface area contributed by atoms with Crippen LogP contribution in [0, 0.1) is 5.82 Å². The van der Waals surface area contributed by atoms with Crippen LogP contribution in [0.15, 0.2) is 27.3 Å². The zero-order valence-electron chi connectivity index (χ0n) is 9.72. The first-order valence-corrected chi connectivity index (χ1v) is 6.57. The van der Waals surface area contributed by atoms with Gasteiger partial charge in [0.2, 0.25) is 0 Å². The zero-order valence-corrected chi connectivity index (χ0v) is 11.3. The van der Waals surface area contributed by atoms with Crippen molar-refractivity contribution in [3.05, 3.63) is 34.2 Å². The molecular weight excluding hydrogens is 285 g/mol. The fourth-order valence-corrected chi connectivity index (χ4v) is 2.36. The molecule has 0 saturated heterocycles. The quantitative estimate of drug-likeness (QED) is 0.848. The molecule has 2 aromatic rings. The van der Waals surface area contributed by atoms with Crippen LogP contribution in [-0.4, -0.2) is 13.1 Å². The van der Waals surface area contributed by atoms with Crippen LogP contribution in [0.2, 0.25) is 0 Å². The number of nitrogens with one attached hydrogen (secondary N) is 1. The number of furan rings is 1. The van der Waals surface area contributed by atoms with Gasteiger partial charge in [0.05, 0.1) is 10.7 Å². The average Bonchev–Trinajstić information content (AvgIpc) is 2.68. The van der Waals surface area contributed by atoms with Crippen LogP contribution in [0.1, 0.15) is 18.9 Å². The third-order valence-corrected chi connectivity index (χ3v) is 3.26. The molecule has 2 nitrogen and oxygen atoms in total. The first-order chi connectivity index (χ1) is 8.22. The van der Waals surface area contributed by atoms with Gasteiger partial charge in [-0.05, 0) is 59.6 Å². The minimum absolute atomic E-state index is 0.242. The Bertz CT molecular complexity index is 509. The smallest absolute Gasteiger partial charge is 0.148 e. The maximum absolute atomic E-state index is 13.3. The van der Waals surface area contributed by atoms with Crippen molar-refractivity contribution in [2.24, 2.45) is 0 Å². The number of benzene rings is 1. The van der Waals surface area contributed by atoms with Crippen molar-refractivity contribution in [3.8, 4) is 0 Å². The van der Waals surface area contributed by atoms with Gasteiger partial charge in [-0.25, -0.2) is 4.39 Å². The summed E-state index contributed by atoms with van der Waals surface area (Å²) in [7, 11) is 0. The molecule has 0 unspecified atom stereocenters. The third kappa shape index (κ3) is 2.87. The van der Waals surface area contributed by atoms with E-state index in [9.17, 15) is 4.39 Å². The molecule has 0 atom stereocenters. The highest BCUT2D eigenvalue weighted by molar-refractivity contribution is 9.10. The van der Waals surface area contributed by atoms with Gasteiger partial charge in [0.25, 0.3) is 0 Å². The first kappa shape index (κ1) is 12.6. The van der Waals surface area contributed by atoms with Gasteiger partial charge in [-0.15, -0.1) is 0 Å². The lowest BCUT2D eigenvalue weighted by Gasteiger charge is -2.01. The normalized spacial score (nSPS) is 11.2. The molecule has 0 aliphatic heterocycles. The highest BCUT2D eigenvalue weighted by Gasteiger charge is 2.10. The molecule has 1 aromatic carbocycles. The van der Waals surface area contributed by atoms with Gasteiger partial charge < -0.3 is 9.73 Å². The topological polar surface area (TPSA) is 25.2 Å². The summed E-state index contributed by atoms with van der Waals surface area (Å²) in [5, 5.41) is 4.18. The van der Waals surface area contributed by atoms with Gasteiger partial charge in [0, 0.05) is 5.39 Å². The molecule has 2 rings (SSSR count). The van der Waals surface area contributed by atoms with E-state index in [0.717, 1.165) is 42.5 Å². The average molecular weight is 300 g/mol. The predicted molar refractivity (Wildman–Crippen MR) is 70.7 cm³/mol. The minimum Gasteiger partial charge on any atom is -0.463 e. The SMILES string of the molecule is CCCNCCc1coc2c(Br)cc(F)cc12. The van der Waals surface area contributed by atoms with Crippen LogP contribution >= 0.6 is 15.9 Å². The molecule has 1 N–H and O–H groups in total. The summed E-state index contributed by atoms with van der Waals surface area (Å²) >= 11 is 3.30. The van der Waals surface area contributed by atoms with E-state index in [2.05, 4.69) is 28.2 Å². The lowest BCUT2D eigenvalue weighted by molar-refractivity contribution is 0.600. The van der Waals surface area contributed by atoms with Crippen molar-refractivity contribution in [2.45, 2.75) is 19.8 Å². The maximum atomic E-state index is 13.3. The van der Waals surface area contributed by atoms with Crippen LogP contribution in [0.3, 0.4) is 0 Å². The largest absolute Gasteiger partial charge is 0.463 e. The number of rotatable bonds is 5. The molecule has 17 heavy (non-hydrogen) atoms. The van der Waals surface area contributed by atoms with E-state index in [1.807, 2.05) is 0 Å². The van der Waals surface area contributed by atoms with Crippen molar-refractivity contribution < 1.29 is 8.81 Å². The highest BCUT2D eigenvalue weighted by Crippen LogP contribution is 2.29. The van der Waals surface area contributed by atoms with E-state index in [-0.39, 0.29) is 5.82 Å². The van der Waals surface area contributed by atoms with E-state index >= 15 is 0 Å². The summed E-state index contributed by atoms with van der Waals surface area (Å²) in [6.45, 7) is 4.02. The van der Waals surface area contributed by atoms with Gasteiger partial charge in [-0.2, -0.15) is 0 Å². The van der Waals surface area contributed by atoms with E-state index in [0.29, 0.717) is 4.47 Å². The monoisotopic (exact) mass is 299 g/mol. The summed E-state index contributed by atoms with van der Waals surface area (Å²) in [5.74, 6) is -0.242. The van der Waals surface area contributed by atoms with Gasteiger partial charge in [0.1, 0.15) is 11.4 Å². The third-order valence-electron chi connectivity index (χ3n) is 2.67. The molecule has 92 valence electrons. The molecule has 0 spiro atoms. The maximum Gasteiger partial charge on any atom is 0.148 e. The van der Waals surface area contributed by atoms with Crippen molar-refractivity contribution in [1.82, 2.24) is 5.32 Å². The second-order valence-electron chi connectivity index (χ2n) is 4.03. The van der Waals surface area contributed by atoms with E-state index < -0.39 is 0 Å². The number of fused-ring (bicyclic) bond motifs is 1. The number of halogens is 2. The van der Waals surface area contributed by atoms with E-state index in [1.54, 1.807) is 6.26 Å². The molecule has 0 aliphatic carbocycles. The second kappa shape index (κ2) is 5.65. The summed E-state index contributed by atoms with van der Waals surface area (Å²) in [4.78, 5) is 0. The first-order valence-electron chi connectivity index (χ1n) is 5.78. The lowest BCUT2D eigenvalue weighted by Crippen LogP contribution is -2.17. The molecule has 0 bridgehead atoms. The molecule has 1 aromatic heterocycles. The van der Waals surface area contributed by atoms with E-state index in [1.165, 1.54) is 12.1 Å². The Morgan fingerprint density at radius 1 is 1.35 bits per heavy atom. The van der Waals surface area contributed by atoms with E-state index in [4.69, 9.17) is 4.42 Å². The summed E-state index contributed by atoms with van der Waals surface area (Å²) in [5.41, 5.74) is 1.76. The van der Waals surface area contributed by atoms with Crippen molar-refractivity contribution in [1.29, 1.82) is 0 Å². The van der Waals surface area contributed by atoms with Crippen molar-refractivity contribution >= 4 is 26.9 Å². The molecule has 0 amide bonds. The van der Waals surface area contributed by atoms with Gasteiger partial charge >= 0.3 is 0 Å². The Kier molecular flexibility index (Phi) is 4.18. The molecule has 0 saturated carbocycles. The number of hydrogen-bond donors (Lipinski definition) is 1. The van der Waals surface area contributed by atoms with Crippen LogP contribution < -0.4 is 5.32 Å². The fourth-order valence-electron chi connectivity index (χ4n) is 1.83. The van der Waals surface area contributed by atoms with Gasteiger partial charge in [0.15, 0.2) is 0 Å². The predicted octanol–water partition coefficient (Wildman–Crippen LogP) is 3.88. The standard InChI is InChI=1S/C13H15BrFNO/c1-2-4-16-5-3-9-8-17-13-11(9)6-10(15)7-12(13)14/h6-8,16H,2-5H2,1H3. The molecule has 0 radical (unpaired) electrons. The summed E-state index contributed by atoms with van der Waals surface area (Å²) in [6, 6.07) is 2.95. The molecule has 4 heteroatoms. The lowest BCUT2D eigenvalue weighted by atomic mass is 10.1. The fraction of sp³-hybridized carbons (Fsp3) is 0.385. The second-order valence-corrected chi connectivity index (χ2v) is 4.88. The van der Waals surface area contributed by atoms with Crippen molar-refractivity contribution in [3.63, 3.8) is 0 Å². The molecule has 0 aliphatic rings. The molecule has 0 fully saturated rings. The van der Waals surface area contributed by atoms with Crippen LogP contribution in [0.4, 0.5) is 4.39 Å². The Balaban J connectivity index is 2.18. The van der Waals surface area contributed by atoms with Gasteiger partial charge in [-0.1, -0.05) is 6.92 Å². The molecule has 1 heterocycles. The van der Waals surface area contributed by atoms with Crippen LogP contribution in [0.5, 0.6) is 0 Å². The summed E-state index contributed by atoms with van der Waals surface area (Å²) in [6.07, 6.45) is 3.68.